The molecule has 246 valence electrons. The van der Waals surface area contributed by atoms with Crippen LogP contribution in [0.1, 0.15) is 11.1 Å². The topological polar surface area (TPSA) is 226 Å². The largest absolute Gasteiger partial charge is 0.497 e. The molecule has 10 atom stereocenters. The van der Waals surface area contributed by atoms with E-state index in [1.54, 1.807) is 18.2 Å². The van der Waals surface area contributed by atoms with Gasteiger partial charge in [-0.25, -0.2) is 0 Å². The molecule has 0 amide bonds. The Hall–Kier alpha value is -2.96. The first-order chi connectivity index (χ1) is 21.0. The Labute approximate surface area is 253 Å². The van der Waals surface area contributed by atoms with Gasteiger partial charge in [-0.3, -0.25) is 0 Å². The maximum Gasteiger partial charge on any atom is 0.229 e. The van der Waals surface area contributed by atoms with Crippen molar-refractivity contribution in [2.75, 3.05) is 34.5 Å². The van der Waals surface area contributed by atoms with E-state index in [0.29, 0.717) is 29.9 Å². The van der Waals surface area contributed by atoms with Crippen LogP contribution >= 0.6 is 0 Å². The van der Waals surface area contributed by atoms with E-state index < -0.39 is 74.6 Å². The highest BCUT2D eigenvalue weighted by atomic mass is 16.7. The van der Waals surface area contributed by atoms with Crippen molar-refractivity contribution in [2.24, 2.45) is 0 Å². The van der Waals surface area contributed by atoms with Crippen LogP contribution in [0.4, 0.5) is 0 Å². The van der Waals surface area contributed by atoms with Crippen molar-refractivity contribution in [1.29, 1.82) is 0 Å². The molecule has 4 rings (SSSR count). The van der Waals surface area contributed by atoms with E-state index in [4.69, 9.17) is 33.2 Å². The highest BCUT2D eigenvalue weighted by molar-refractivity contribution is 5.54. The highest BCUT2D eigenvalue weighted by Gasteiger charge is 2.46. The van der Waals surface area contributed by atoms with Crippen LogP contribution in [0.5, 0.6) is 28.7 Å². The Morgan fingerprint density at radius 1 is 0.545 bits per heavy atom. The van der Waals surface area contributed by atoms with E-state index in [1.807, 2.05) is 12.1 Å². The summed E-state index contributed by atoms with van der Waals surface area (Å²) in [4.78, 5) is 0. The Bertz CT molecular complexity index is 1140. The first-order valence-electron chi connectivity index (χ1n) is 13.9. The van der Waals surface area contributed by atoms with Gasteiger partial charge in [0.2, 0.25) is 18.3 Å². The van der Waals surface area contributed by atoms with Crippen molar-refractivity contribution < 1.29 is 74.0 Å². The van der Waals surface area contributed by atoms with Gasteiger partial charge in [-0.15, -0.1) is 0 Å². The Morgan fingerprint density at radius 3 is 1.32 bits per heavy atom. The SMILES string of the molecule is COc1cc(CCc2cc(O[C@@H]3O[C@H](CO)[C@@H](O)[C@H](O)[C@H]3O)c(OC)c(O[C@@H]3O[C@H](CO)[C@@H](O)[C@H](O)[C@H]3O)c2)cc(OC)c1. The molecule has 2 aromatic carbocycles. The molecule has 0 radical (unpaired) electrons. The summed E-state index contributed by atoms with van der Waals surface area (Å²) in [6.45, 7) is -1.34. The van der Waals surface area contributed by atoms with Gasteiger partial charge < -0.3 is 74.0 Å². The van der Waals surface area contributed by atoms with Crippen LogP contribution in [0.25, 0.3) is 0 Å². The summed E-state index contributed by atoms with van der Waals surface area (Å²) in [6, 6.07) is 8.54. The predicted molar refractivity (Wildman–Crippen MR) is 149 cm³/mol. The van der Waals surface area contributed by atoms with Crippen LogP contribution in [0.15, 0.2) is 30.3 Å². The van der Waals surface area contributed by atoms with Gasteiger partial charge in [0, 0.05) is 6.07 Å². The fraction of sp³-hybridized carbons (Fsp3) is 0.586. The first kappa shape index (κ1) is 33.9. The molecule has 2 saturated heterocycles. The Balaban J connectivity index is 1.69. The molecular formula is C29H40O15. The van der Waals surface area contributed by atoms with Gasteiger partial charge in [-0.2, -0.15) is 0 Å². The maximum absolute atomic E-state index is 10.6. The first-order valence-corrected chi connectivity index (χ1v) is 13.9. The van der Waals surface area contributed by atoms with Crippen molar-refractivity contribution in [3.63, 3.8) is 0 Å². The third kappa shape index (κ3) is 7.29. The maximum atomic E-state index is 10.6. The minimum absolute atomic E-state index is 0.0443. The molecule has 0 unspecified atom stereocenters. The quantitative estimate of drug-likeness (QED) is 0.125. The van der Waals surface area contributed by atoms with E-state index >= 15 is 0 Å². The number of hydrogen-bond donors (Lipinski definition) is 8. The van der Waals surface area contributed by atoms with Gasteiger partial charge in [-0.05, 0) is 48.2 Å². The van der Waals surface area contributed by atoms with Gasteiger partial charge >= 0.3 is 0 Å². The molecule has 2 aromatic rings. The fourth-order valence-electron chi connectivity index (χ4n) is 5.03. The van der Waals surface area contributed by atoms with Crippen LogP contribution < -0.4 is 23.7 Å². The molecule has 2 fully saturated rings. The number of benzene rings is 2. The zero-order valence-corrected chi connectivity index (χ0v) is 24.4. The number of aliphatic hydroxyl groups is 8. The minimum atomic E-state index is -1.72. The summed E-state index contributed by atoms with van der Waals surface area (Å²) in [6.07, 6.45) is -14.8. The van der Waals surface area contributed by atoms with Crippen LogP contribution in [0.2, 0.25) is 0 Å². The zero-order valence-electron chi connectivity index (χ0n) is 24.4. The lowest BCUT2D eigenvalue weighted by atomic mass is 9.99. The molecule has 15 nitrogen and oxygen atoms in total. The summed E-state index contributed by atoms with van der Waals surface area (Å²) < 4.78 is 39.1. The molecule has 2 aliphatic rings. The second-order valence-corrected chi connectivity index (χ2v) is 10.5. The zero-order chi connectivity index (χ0) is 32.1. The fourth-order valence-corrected chi connectivity index (χ4v) is 5.03. The lowest BCUT2D eigenvalue weighted by molar-refractivity contribution is -0.279. The summed E-state index contributed by atoms with van der Waals surface area (Å²) in [5.41, 5.74) is 1.46. The molecular weight excluding hydrogens is 588 g/mol. The summed E-state index contributed by atoms with van der Waals surface area (Å²) in [7, 11) is 4.36. The van der Waals surface area contributed by atoms with E-state index in [1.165, 1.54) is 21.3 Å². The van der Waals surface area contributed by atoms with Gasteiger partial charge in [0.05, 0.1) is 34.5 Å². The second-order valence-electron chi connectivity index (χ2n) is 10.5. The van der Waals surface area contributed by atoms with Crippen molar-refractivity contribution in [3.05, 3.63) is 41.5 Å². The van der Waals surface area contributed by atoms with Crippen molar-refractivity contribution in [3.8, 4) is 28.7 Å². The van der Waals surface area contributed by atoms with Crippen LogP contribution in [0.3, 0.4) is 0 Å². The van der Waals surface area contributed by atoms with Gasteiger partial charge in [0.15, 0.2) is 11.5 Å². The van der Waals surface area contributed by atoms with Crippen LogP contribution in [-0.4, -0.2) is 137 Å². The van der Waals surface area contributed by atoms with Gasteiger partial charge in [0.25, 0.3) is 0 Å². The smallest absolute Gasteiger partial charge is 0.229 e. The van der Waals surface area contributed by atoms with Crippen molar-refractivity contribution in [2.45, 2.75) is 74.3 Å². The summed E-state index contributed by atoms with van der Waals surface area (Å²) >= 11 is 0. The average Bonchev–Trinajstić information content (AvgIpc) is 3.03. The lowest BCUT2D eigenvalue weighted by Crippen LogP contribution is -2.60. The molecule has 2 heterocycles. The van der Waals surface area contributed by atoms with Gasteiger partial charge in [-0.1, -0.05) is 0 Å². The third-order valence-corrected chi connectivity index (χ3v) is 7.58. The van der Waals surface area contributed by atoms with Crippen molar-refractivity contribution in [1.82, 2.24) is 0 Å². The molecule has 2 aliphatic heterocycles. The van der Waals surface area contributed by atoms with Crippen LogP contribution in [-0.2, 0) is 22.3 Å². The average molecular weight is 629 g/mol. The molecule has 8 N–H and O–H groups in total. The lowest BCUT2D eigenvalue weighted by Gasteiger charge is -2.40. The number of ether oxygens (including phenoxy) is 7. The van der Waals surface area contributed by atoms with E-state index in [9.17, 15) is 40.9 Å². The van der Waals surface area contributed by atoms with E-state index in [0.717, 1.165) is 5.56 Å². The monoisotopic (exact) mass is 628 g/mol. The number of aliphatic hydroxyl groups excluding tert-OH is 8. The van der Waals surface area contributed by atoms with Gasteiger partial charge in [0.1, 0.15) is 60.3 Å². The summed E-state index contributed by atoms with van der Waals surface area (Å²) in [5, 5.41) is 81.2. The van der Waals surface area contributed by atoms with E-state index in [-0.39, 0.29) is 17.2 Å². The molecule has 0 saturated carbocycles. The number of methoxy groups -OCH3 is 3. The molecule has 0 bridgehead atoms. The normalized spacial score (nSPS) is 32.2. The molecule has 0 aliphatic carbocycles. The molecule has 15 heteroatoms. The second kappa shape index (κ2) is 14.9. The standard InChI is InChI=1S/C29H40O15/c1-38-15-6-13(7-16(10-15)39-2)4-5-14-8-17(41-28-25(36)23(34)21(32)19(11-30)43-28)27(40-3)18(9-14)42-29-26(37)24(35)22(33)20(12-31)44-29/h6-10,19-26,28-37H,4-5,11-12H2,1-3H3/t19-,20-,21-,22-,23+,24+,25-,26-,28-,29-/m1/s1. The number of hydrogen-bond acceptors (Lipinski definition) is 15. The number of rotatable bonds is 12. The minimum Gasteiger partial charge on any atom is -0.497 e. The summed E-state index contributed by atoms with van der Waals surface area (Å²) in [5.74, 6) is 1.03. The van der Waals surface area contributed by atoms with Crippen LogP contribution in [0, 0.1) is 0 Å². The molecule has 0 spiro atoms. The number of aryl methyl sites for hydroxylation is 2. The Morgan fingerprint density at radius 2 is 0.955 bits per heavy atom. The van der Waals surface area contributed by atoms with E-state index in [2.05, 4.69) is 0 Å². The predicted octanol–water partition coefficient (Wildman–Crippen LogP) is -2.14. The third-order valence-electron chi connectivity index (χ3n) is 7.58. The Kier molecular flexibility index (Phi) is 11.5. The highest BCUT2D eigenvalue weighted by Crippen LogP contribution is 2.42. The van der Waals surface area contributed by atoms with Crippen molar-refractivity contribution >= 4 is 0 Å². The molecule has 0 aromatic heterocycles. The molecule has 44 heavy (non-hydrogen) atoms.